The van der Waals surface area contributed by atoms with Crippen LogP contribution in [0, 0.1) is 0 Å². The van der Waals surface area contributed by atoms with E-state index in [2.05, 4.69) is 9.80 Å². The van der Waals surface area contributed by atoms with Gasteiger partial charge in [0.15, 0.2) is 0 Å². The molecule has 1 aliphatic heterocycles. The summed E-state index contributed by atoms with van der Waals surface area (Å²) in [4.78, 5) is 3.47. The summed E-state index contributed by atoms with van der Waals surface area (Å²) in [6, 6.07) is 5.31. The van der Waals surface area contributed by atoms with Crippen molar-refractivity contribution in [3.8, 4) is 0 Å². The Balaban J connectivity index is 2.19. The zero-order valence-electron chi connectivity index (χ0n) is 12.5. The maximum absolute atomic E-state index is 12.5. The number of hydrogen-bond donors (Lipinski definition) is 0. The van der Waals surface area contributed by atoms with Crippen molar-refractivity contribution in [3.05, 3.63) is 24.3 Å². The second kappa shape index (κ2) is 6.08. The lowest BCUT2D eigenvalue weighted by molar-refractivity contribution is -0.0436. The first-order valence-corrected chi connectivity index (χ1v) is 8.44. The first kappa shape index (κ1) is 17.1. The zero-order valence-corrected chi connectivity index (χ0v) is 13.3. The van der Waals surface area contributed by atoms with Crippen LogP contribution >= 0.6 is 0 Å². The number of halogens is 3. The molecule has 22 heavy (non-hydrogen) atoms. The zero-order chi connectivity index (χ0) is 16.5. The highest BCUT2D eigenvalue weighted by Crippen LogP contribution is 2.31. The van der Waals surface area contributed by atoms with E-state index in [1.165, 1.54) is 12.1 Å². The van der Waals surface area contributed by atoms with Gasteiger partial charge in [-0.1, -0.05) is 0 Å². The molecule has 1 atom stereocenters. The molecule has 0 aromatic heterocycles. The monoisotopic (exact) mass is 336 g/mol. The van der Waals surface area contributed by atoms with Crippen LogP contribution in [0.15, 0.2) is 29.2 Å². The van der Waals surface area contributed by atoms with Gasteiger partial charge in [0.1, 0.15) is 0 Å². The van der Waals surface area contributed by atoms with E-state index in [0.29, 0.717) is 6.04 Å². The van der Waals surface area contributed by atoms with Gasteiger partial charge in [-0.15, -0.1) is 0 Å². The van der Waals surface area contributed by atoms with Gasteiger partial charge >= 0.3 is 5.51 Å². The number of alkyl halides is 3. The van der Waals surface area contributed by atoms with Gasteiger partial charge in [-0.3, -0.25) is 0 Å². The van der Waals surface area contributed by atoms with Crippen molar-refractivity contribution >= 4 is 15.5 Å². The summed E-state index contributed by atoms with van der Waals surface area (Å²) in [5.41, 5.74) is -4.52. The molecule has 0 spiro atoms. The van der Waals surface area contributed by atoms with Crippen LogP contribution in [0.2, 0.25) is 0 Å². The van der Waals surface area contributed by atoms with Crippen LogP contribution in [-0.2, 0) is 9.84 Å². The first-order valence-electron chi connectivity index (χ1n) is 6.96. The molecule has 0 aliphatic carbocycles. The van der Waals surface area contributed by atoms with E-state index in [0.717, 1.165) is 43.8 Å². The van der Waals surface area contributed by atoms with Gasteiger partial charge in [-0.25, -0.2) is 8.42 Å². The fraction of sp³-hybridized carbons (Fsp3) is 0.571. The summed E-state index contributed by atoms with van der Waals surface area (Å²) in [7, 11) is -1.29. The SMILES string of the molecule is CN(C)C1CCCN(c2ccc(S(=O)(=O)C(F)(F)F)cc2)C1. The highest BCUT2D eigenvalue weighted by molar-refractivity contribution is 7.92. The molecule has 1 heterocycles. The molecule has 1 aromatic rings. The standard InChI is InChI=1S/C14H19F3N2O2S/c1-18(2)12-4-3-9-19(10-12)11-5-7-13(8-6-11)22(20,21)14(15,16)17/h5-8,12H,3-4,9-10H2,1-2H3. The molecule has 1 saturated heterocycles. The molecule has 8 heteroatoms. The summed E-state index contributed by atoms with van der Waals surface area (Å²) in [5.74, 6) is 0. The van der Waals surface area contributed by atoms with Gasteiger partial charge in [0.25, 0.3) is 9.84 Å². The predicted molar refractivity (Wildman–Crippen MR) is 78.6 cm³/mol. The molecule has 1 unspecified atom stereocenters. The number of likely N-dealkylation sites (N-methyl/N-ethyl adjacent to an activating group) is 1. The molecule has 1 fully saturated rings. The third-order valence-electron chi connectivity index (χ3n) is 3.94. The average Bonchev–Trinajstić information content (AvgIpc) is 2.46. The Morgan fingerprint density at radius 3 is 2.27 bits per heavy atom. The Morgan fingerprint density at radius 2 is 1.77 bits per heavy atom. The molecular weight excluding hydrogens is 317 g/mol. The van der Waals surface area contributed by atoms with E-state index < -0.39 is 20.2 Å². The summed E-state index contributed by atoms with van der Waals surface area (Å²) in [6.07, 6.45) is 2.06. The number of piperidine rings is 1. The van der Waals surface area contributed by atoms with Crippen LogP contribution < -0.4 is 4.90 Å². The molecule has 0 N–H and O–H groups in total. The van der Waals surface area contributed by atoms with E-state index in [-0.39, 0.29) is 0 Å². The number of hydrogen-bond acceptors (Lipinski definition) is 4. The normalized spacial score (nSPS) is 20.5. The predicted octanol–water partition coefficient (Wildman–Crippen LogP) is 2.51. The fourth-order valence-electron chi connectivity index (χ4n) is 2.58. The Bertz CT molecular complexity index is 612. The van der Waals surface area contributed by atoms with Crippen LogP contribution in [0.1, 0.15) is 12.8 Å². The third kappa shape index (κ3) is 3.38. The second-order valence-electron chi connectivity index (χ2n) is 5.65. The third-order valence-corrected chi connectivity index (χ3v) is 5.45. The van der Waals surface area contributed by atoms with Crippen molar-refractivity contribution < 1.29 is 21.6 Å². The van der Waals surface area contributed by atoms with Crippen LogP contribution in [0.3, 0.4) is 0 Å². The molecule has 1 aromatic carbocycles. The molecule has 0 saturated carbocycles. The summed E-state index contributed by atoms with van der Waals surface area (Å²) >= 11 is 0. The molecule has 4 nitrogen and oxygen atoms in total. The largest absolute Gasteiger partial charge is 0.501 e. The highest BCUT2D eigenvalue weighted by Gasteiger charge is 2.46. The number of sulfone groups is 1. The van der Waals surface area contributed by atoms with Crippen molar-refractivity contribution in [2.24, 2.45) is 0 Å². The van der Waals surface area contributed by atoms with E-state index in [4.69, 9.17) is 0 Å². The van der Waals surface area contributed by atoms with Crippen molar-refractivity contribution in [2.45, 2.75) is 29.3 Å². The van der Waals surface area contributed by atoms with Gasteiger partial charge in [-0.05, 0) is 51.2 Å². The topological polar surface area (TPSA) is 40.6 Å². The minimum Gasteiger partial charge on any atom is -0.370 e. The minimum absolute atomic E-state index is 0.382. The van der Waals surface area contributed by atoms with Gasteiger partial charge in [-0.2, -0.15) is 13.2 Å². The van der Waals surface area contributed by atoms with Crippen LogP contribution in [-0.4, -0.2) is 52.1 Å². The number of benzene rings is 1. The van der Waals surface area contributed by atoms with E-state index in [1.807, 2.05) is 14.1 Å². The van der Waals surface area contributed by atoms with Crippen molar-refractivity contribution in [3.63, 3.8) is 0 Å². The van der Waals surface area contributed by atoms with Crippen LogP contribution in [0.4, 0.5) is 18.9 Å². The smallest absolute Gasteiger partial charge is 0.370 e. The van der Waals surface area contributed by atoms with Crippen molar-refractivity contribution in [2.75, 3.05) is 32.1 Å². The maximum Gasteiger partial charge on any atom is 0.501 e. The molecule has 1 aliphatic rings. The number of nitrogens with zero attached hydrogens (tertiary/aromatic N) is 2. The van der Waals surface area contributed by atoms with Gasteiger partial charge in [0, 0.05) is 24.8 Å². The molecule has 0 bridgehead atoms. The maximum atomic E-state index is 12.5. The van der Waals surface area contributed by atoms with Gasteiger partial charge in [0.2, 0.25) is 0 Å². The molecule has 124 valence electrons. The van der Waals surface area contributed by atoms with Gasteiger partial charge in [0.05, 0.1) is 4.90 Å². The molecule has 2 rings (SSSR count). The van der Waals surface area contributed by atoms with Gasteiger partial charge < -0.3 is 9.80 Å². The second-order valence-corrected chi connectivity index (χ2v) is 7.59. The fourth-order valence-corrected chi connectivity index (χ4v) is 3.34. The molecular formula is C14H19F3N2O2S. The van der Waals surface area contributed by atoms with Crippen LogP contribution in [0.5, 0.6) is 0 Å². The Morgan fingerprint density at radius 1 is 1.18 bits per heavy atom. The average molecular weight is 336 g/mol. The lowest BCUT2D eigenvalue weighted by Crippen LogP contribution is -2.45. The lowest BCUT2D eigenvalue weighted by atomic mass is 10.0. The van der Waals surface area contributed by atoms with Crippen molar-refractivity contribution in [1.29, 1.82) is 0 Å². The Hall–Kier alpha value is -1.28. The van der Waals surface area contributed by atoms with E-state index in [1.54, 1.807) is 0 Å². The number of rotatable bonds is 3. The van der Waals surface area contributed by atoms with Crippen LogP contribution in [0.25, 0.3) is 0 Å². The molecule has 0 radical (unpaired) electrons. The summed E-state index contributed by atoms with van der Waals surface area (Å²) < 4.78 is 60.2. The molecule has 0 amide bonds. The minimum atomic E-state index is -5.27. The first-order chi connectivity index (χ1) is 10.1. The van der Waals surface area contributed by atoms with E-state index >= 15 is 0 Å². The quantitative estimate of drug-likeness (QED) is 0.850. The lowest BCUT2D eigenvalue weighted by Gasteiger charge is -2.37. The summed E-state index contributed by atoms with van der Waals surface area (Å²) in [6.45, 7) is 1.59. The summed E-state index contributed by atoms with van der Waals surface area (Å²) in [5, 5.41) is 0. The van der Waals surface area contributed by atoms with E-state index in [9.17, 15) is 21.6 Å². The highest BCUT2D eigenvalue weighted by atomic mass is 32.2. The Labute approximate surface area is 128 Å². The van der Waals surface area contributed by atoms with Crippen molar-refractivity contribution in [1.82, 2.24) is 4.90 Å². The number of anilines is 1. The Kier molecular flexibility index (Phi) is 4.72.